The van der Waals surface area contributed by atoms with Crippen LogP contribution in [-0.2, 0) is 25.6 Å². The fourth-order valence-electron chi connectivity index (χ4n) is 3.54. The van der Waals surface area contributed by atoms with E-state index in [9.17, 15) is 24.3 Å². The number of amides is 3. The van der Waals surface area contributed by atoms with Gasteiger partial charge in [0, 0.05) is 13.0 Å². The fourth-order valence-corrected chi connectivity index (χ4v) is 3.54. The summed E-state index contributed by atoms with van der Waals surface area (Å²) in [5.41, 5.74) is 11.4. The minimum absolute atomic E-state index is 0.0691. The molecule has 34 heavy (non-hydrogen) atoms. The van der Waals surface area contributed by atoms with E-state index in [4.69, 9.17) is 11.5 Å². The third-order valence-electron chi connectivity index (χ3n) is 5.29. The van der Waals surface area contributed by atoms with Gasteiger partial charge in [0.2, 0.25) is 17.7 Å². The number of carboxylic acids is 1. The van der Waals surface area contributed by atoms with Crippen molar-refractivity contribution >= 4 is 29.7 Å². The molecule has 0 saturated carbocycles. The summed E-state index contributed by atoms with van der Waals surface area (Å²) in [6.45, 7) is 0.580. The van der Waals surface area contributed by atoms with E-state index in [1.807, 2.05) is 6.07 Å². The van der Waals surface area contributed by atoms with Gasteiger partial charge in [0.05, 0.1) is 12.6 Å². The molecule has 1 aliphatic heterocycles. The Kier molecular flexibility index (Phi) is 10.8. The number of benzene rings is 1. The molecule has 1 aromatic carbocycles. The molecule has 12 heteroatoms. The van der Waals surface area contributed by atoms with Crippen LogP contribution in [0.4, 0.5) is 0 Å². The van der Waals surface area contributed by atoms with Crippen molar-refractivity contribution in [3.05, 3.63) is 35.9 Å². The minimum Gasteiger partial charge on any atom is -0.480 e. The van der Waals surface area contributed by atoms with Crippen LogP contribution in [0.25, 0.3) is 0 Å². The van der Waals surface area contributed by atoms with Gasteiger partial charge in [0.1, 0.15) is 12.1 Å². The lowest BCUT2D eigenvalue weighted by molar-refractivity contribution is -0.141. The Morgan fingerprint density at radius 3 is 2.47 bits per heavy atom. The number of nitrogens with zero attached hydrogens (tertiary/aromatic N) is 1. The van der Waals surface area contributed by atoms with E-state index in [0.29, 0.717) is 12.8 Å². The largest absolute Gasteiger partial charge is 0.480 e. The third-order valence-corrected chi connectivity index (χ3v) is 5.29. The van der Waals surface area contributed by atoms with Crippen molar-refractivity contribution in [3.63, 3.8) is 0 Å². The summed E-state index contributed by atoms with van der Waals surface area (Å²) in [6, 6.07) is 6.48. The first-order valence-corrected chi connectivity index (χ1v) is 11.2. The number of rotatable bonds is 13. The number of guanidine groups is 1. The highest BCUT2D eigenvalue weighted by atomic mass is 16.4. The highest BCUT2D eigenvalue weighted by Gasteiger charge is 2.27. The van der Waals surface area contributed by atoms with Crippen molar-refractivity contribution in [2.75, 3.05) is 19.6 Å². The number of aliphatic imine (C=N–C) groups is 1. The van der Waals surface area contributed by atoms with Crippen LogP contribution in [0.2, 0.25) is 0 Å². The monoisotopic (exact) mass is 475 g/mol. The van der Waals surface area contributed by atoms with Gasteiger partial charge in [0.15, 0.2) is 5.96 Å². The Morgan fingerprint density at radius 2 is 1.85 bits per heavy atom. The molecule has 2 rings (SSSR count). The number of hydrogen-bond donors (Lipinski definition) is 7. The smallest absolute Gasteiger partial charge is 0.326 e. The molecule has 186 valence electrons. The number of aliphatic carboxylic acids is 1. The second-order valence-corrected chi connectivity index (χ2v) is 8.02. The third kappa shape index (κ3) is 9.45. The predicted molar refractivity (Wildman–Crippen MR) is 126 cm³/mol. The van der Waals surface area contributed by atoms with E-state index in [2.05, 4.69) is 26.3 Å². The summed E-state index contributed by atoms with van der Waals surface area (Å²) in [5, 5.41) is 20.1. The molecular formula is C22H33N7O5. The normalized spacial score (nSPS) is 16.6. The number of nitrogens with two attached hydrogens (primary N) is 2. The van der Waals surface area contributed by atoms with Crippen LogP contribution in [0, 0.1) is 0 Å². The van der Waals surface area contributed by atoms with Crippen molar-refractivity contribution in [2.45, 2.75) is 50.2 Å². The molecule has 1 heterocycles. The number of hydrogen-bond acceptors (Lipinski definition) is 6. The lowest BCUT2D eigenvalue weighted by Gasteiger charge is -2.21. The minimum atomic E-state index is -1.18. The van der Waals surface area contributed by atoms with Gasteiger partial charge >= 0.3 is 5.97 Å². The average molecular weight is 476 g/mol. The molecule has 12 nitrogen and oxygen atoms in total. The second-order valence-electron chi connectivity index (χ2n) is 8.02. The van der Waals surface area contributed by atoms with E-state index < -0.39 is 36.4 Å². The molecule has 0 radical (unpaired) electrons. The van der Waals surface area contributed by atoms with Crippen LogP contribution < -0.4 is 32.7 Å². The van der Waals surface area contributed by atoms with Gasteiger partial charge in [-0.25, -0.2) is 4.79 Å². The first-order chi connectivity index (χ1) is 16.3. The van der Waals surface area contributed by atoms with Crippen molar-refractivity contribution in [2.24, 2.45) is 16.5 Å². The number of carbonyl (C=O) groups excluding carboxylic acids is 3. The molecule has 1 saturated heterocycles. The van der Waals surface area contributed by atoms with E-state index in [1.165, 1.54) is 0 Å². The summed E-state index contributed by atoms with van der Waals surface area (Å²) in [6.07, 6.45) is 2.34. The Hall–Kier alpha value is -3.67. The van der Waals surface area contributed by atoms with Gasteiger partial charge in [-0.05, 0) is 37.8 Å². The number of carboxylic acid groups (broad SMARTS) is 1. The zero-order valence-electron chi connectivity index (χ0n) is 19.0. The lowest BCUT2D eigenvalue weighted by Crippen LogP contribution is -2.53. The summed E-state index contributed by atoms with van der Waals surface area (Å²) >= 11 is 0. The maximum Gasteiger partial charge on any atom is 0.326 e. The summed E-state index contributed by atoms with van der Waals surface area (Å²) in [5.74, 6) is -2.75. The molecule has 1 aliphatic rings. The van der Waals surface area contributed by atoms with E-state index >= 15 is 0 Å². The highest BCUT2D eigenvalue weighted by molar-refractivity contribution is 5.92. The van der Waals surface area contributed by atoms with Gasteiger partial charge in [-0.3, -0.25) is 19.4 Å². The summed E-state index contributed by atoms with van der Waals surface area (Å²) in [7, 11) is 0. The molecule has 1 fully saturated rings. The highest BCUT2D eigenvalue weighted by Crippen LogP contribution is 2.07. The van der Waals surface area contributed by atoms with Crippen LogP contribution in [-0.4, -0.2) is 72.5 Å². The average Bonchev–Trinajstić information content (AvgIpc) is 3.34. The molecule has 3 atom stereocenters. The second kappa shape index (κ2) is 13.8. The van der Waals surface area contributed by atoms with Gasteiger partial charge in [0.25, 0.3) is 0 Å². The number of nitrogens with one attached hydrogen (secondary N) is 4. The lowest BCUT2D eigenvalue weighted by atomic mass is 10.1. The van der Waals surface area contributed by atoms with Crippen LogP contribution in [0.15, 0.2) is 35.3 Å². The van der Waals surface area contributed by atoms with Gasteiger partial charge in [-0.2, -0.15) is 0 Å². The van der Waals surface area contributed by atoms with Crippen molar-refractivity contribution in [3.8, 4) is 0 Å². The van der Waals surface area contributed by atoms with Crippen LogP contribution >= 0.6 is 0 Å². The molecule has 0 aliphatic carbocycles. The maximum atomic E-state index is 12.7. The molecule has 3 amide bonds. The van der Waals surface area contributed by atoms with E-state index in [-0.39, 0.29) is 37.3 Å². The molecule has 3 unspecified atom stereocenters. The Balaban J connectivity index is 1.90. The van der Waals surface area contributed by atoms with Crippen molar-refractivity contribution < 1.29 is 24.3 Å². The van der Waals surface area contributed by atoms with Gasteiger partial charge in [-0.15, -0.1) is 0 Å². The van der Waals surface area contributed by atoms with Crippen LogP contribution in [0.3, 0.4) is 0 Å². The van der Waals surface area contributed by atoms with Crippen LogP contribution in [0.1, 0.15) is 31.2 Å². The molecule has 0 aromatic heterocycles. The first kappa shape index (κ1) is 26.6. The number of carbonyl (C=O) groups is 4. The van der Waals surface area contributed by atoms with Crippen molar-refractivity contribution in [1.82, 2.24) is 21.3 Å². The predicted octanol–water partition coefficient (Wildman–Crippen LogP) is -1.79. The van der Waals surface area contributed by atoms with E-state index in [0.717, 1.165) is 18.5 Å². The molecule has 1 aromatic rings. The SMILES string of the molecule is NC(N)=NCCCC(NC(=O)C1CCCN1)C(=O)NCC(=O)NC(Cc1ccccc1)C(=O)O. The Bertz CT molecular complexity index is 868. The molecule has 0 spiro atoms. The molecule has 9 N–H and O–H groups in total. The van der Waals surface area contributed by atoms with Crippen molar-refractivity contribution in [1.29, 1.82) is 0 Å². The summed E-state index contributed by atoms with van der Waals surface area (Å²) < 4.78 is 0. The standard InChI is InChI=1S/C22H33N7O5/c23-22(24)26-11-5-9-16(29-20(32)15-8-4-10-25-15)19(31)27-13-18(30)28-17(21(33)34)12-14-6-2-1-3-7-14/h1-3,6-7,15-17,25H,4-5,8-13H2,(H,27,31)(H,28,30)(H,29,32)(H,33,34)(H4,23,24,26). The molecule has 0 bridgehead atoms. The topological polar surface area (TPSA) is 201 Å². The summed E-state index contributed by atoms with van der Waals surface area (Å²) in [4.78, 5) is 52.9. The maximum absolute atomic E-state index is 12.7. The van der Waals surface area contributed by atoms with Gasteiger partial charge in [-0.1, -0.05) is 30.3 Å². The first-order valence-electron chi connectivity index (χ1n) is 11.2. The fraction of sp³-hybridized carbons (Fsp3) is 0.500. The zero-order chi connectivity index (χ0) is 24.9. The van der Waals surface area contributed by atoms with Crippen LogP contribution in [0.5, 0.6) is 0 Å². The van der Waals surface area contributed by atoms with E-state index in [1.54, 1.807) is 24.3 Å². The Morgan fingerprint density at radius 1 is 1.12 bits per heavy atom. The zero-order valence-corrected chi connectivity index (χ0v) is 19.0. The Labute approximate surface area is 197 Å². The molecular weight excluding hydrogens is 442 g/mol. The van der Waals surface area contributed by atoms with Gasteiger partial charge < -0.3 is 37.8 Å². The quantitative estimate of drug-likeness (QED) is 0.0984.